The summed E-state index contributed by atoms with van der Waals surface area (Å²) in [6.07, 6.45) is 1.76. The molecular weight excluding hydrogens is 372 g/mol. The number of hydrogen-bond donors (Lipinski definition) is 0. The van der Waals surface area contributed by atoms with Crippen LogP contribution in [-0.2, 0) is 0 Å². The zero-order valence-electron chi connectivity index (χ0n) is 17.8. The first kappa shape index (κ1) is 19.8. The van der Waals surface area contributed by atoms with E-state index in [1.54, 1.807) is 11.1 Å². The number of fused-ring (bicyclic) bond motifs is 1. The first-order valence-corrected chi connectivity index (χ1v) is 10.2. The molecule has 0 fully saturated rings. The molecule has 2 aromatic carbocycles. The van der Waals surface area contributed by atoms with Gasteiger partial charge in [0.25, 0.3) is 5.91 Å². The van der Waals surface area contributed by atoms with Crippen LogP contribution >= 0.6 is 0 Å². The highest BCUT2D eigenvalue weighted by molar-refractivity contribution is 6.06. The Morgan fingerprint density at radius 3 is 2.23 bits per heavy atom. The zero-order valence-corrected chi connectivity index (χ0v) is 17.8. The van der Waals surface area contributed by atoms with Crippen molar-refractivity contribution in [2.45, 2.75) is 32.9 Å². The maximum Gasteiger partial charge on any atom is 0.254 e. The molecule has 0 aliphatic rings. The third-order valence-electron chi connectivity index (χ3n) is 5.54. The Morgan fingerprint density at radius 2 is 1.60 bits per heavy atom. The zero-order chi connectivity index (χ0) is 21.3. The van der Waals surface area contributed by atoms with E-state index in [1.807, 2.05) is 85.4 Å². The fraction of sp³-hybridized carbons (Fsp3) is 0.240. The second kappa shape index (κ2) is 8.11. The van der Waals surface area contributed by atoms with E-state index in [0.29, 0.717) is 5.56 Å². The van der Waals surface area contributed by atoms with Gasteiger partial charge in [-0.15, -0.1) is 0 Å². The van der Waals surface area contributed by atoms with Crippen LogP contribution in [0.4, 0.5) is 0 Å². The van der Waals surface area contributed by atoms with E-state index >= 15 is 0 Å². The second-order valence-electron chi connectivity index (χ2n) is 7.84. The Balaban J connectivity index is 1.83. The van der Waals surface area contributed by atoms with Crippen LogP contribution in [0.25, 0.3) is 22.3 Å². The molecule has 0 saturated carbocycles. The molecule has 0 bridgehead atoms. The molecule has 0 spiro atoms. The average molecular weight is 399 g/mol. The standard InChI is InChI=1S/C25H26N4O/c1-17(2)29-24-22(16-26-29)21(15-23(27-24)20-13-9-6-10-14-20)25(30)28(4)18(3)19-11-7-5-8-12-19/h5-18H,1-4H3. The van der Waals surface area contributed by atoms with E-state index in [0.717, 1.165) is 27.9 Å². The van der Waals surface area contributed by atoms with E-state index in [2.05, 4.69) is 18.9 Å². The summed E-state index contributed by atoms with van der Waals surface area (Å²) in [7, 11) is 1.85. The Morgan fingerprint density at radius 1 is 0.967 bits per heavy atom. The quantitative estimate of drug-likeness (QED) is 0.445. The Kier molecular flexibility index (Phi) is 5.36. The van der Waals surface area contributed by atoms with E-state index in [4.69, 9.17) is 4.98 Å². The first-order chi connectivity index (χ1) is 14.5. The molecule has 2 heterocycles. The SMILES string of the molecule is CC(c1ccccc1)N(C)C(=O)c1cc(-c2ccccc2)nc2c1cnn2C(C)C. The Hall–Kier alpha value is -3.47. The number of pyridine rings is 1. The van der Waals surface area contributed by atoms with Crippen molar-refractivity contribution in [1.82, 2.24) is 19.7 Å². The smallest absolute Gasteiger partial charge is 0.254 e. The monoisotopic (exact) mass is 398 g/mol. The molecule has 4 rings (SSSR count). The summed E-state index contributed by atoms with van der Waals surface area (Å²) in [5.41, 5.74) is 4.20. The topological polar surface area (TPSA) is 51.0 Å². The number of nitrogens with zero attached hydrogens (tertiary/aromatic N) is 4. The van der Waals surface area contributed by atoms with Gasteiger partial charge in [-0.25, -0.2) is 9.67 Å². The lowest BCUT2D eigenvalue weighted by atomic mass is 10.0. The fourth-order valence-corrected chi connectivity index (χ4v) is 3.65. The molecule has 0 saturated heterocycles. The summed E-state index contributed by atoms with van der Waals surface area (Å²) < 4.78 is 1.87. The van der Waals surface area contributed by atoms with Crippen molar-refractivity contribution in [2.24, 2.45) is 0 Å². The highest BCUT2D eigenvalue weighted by atomic mass is 16.2. The molecule has 30 heavy (non-hydrogen) atoms. The first-order valence-electron chi connectivity index (χ1n) is 10.2. The number of hydrogen-bond acceptors (Lipinski definition) is 3. The lowest BCUT2D eigenvalue weighted by Crippen LogP contribution is -2.30. The van der Waals surface area contributed by atoms with E-state index in [1.165, 1.54) is 0 Å². The van der Waals surface area contributed by atoms with Crippen molar-refractivity contribution in [1.29, 1.82) is 0 Å². The van der Waals surface area contributed by atoms with E-state index in [9.17, 15) is 4.79 Å². The predicted octanol–water partition coefficient (Wildman–Crippen LogP) is 5.51. The van der Waals surface area contributed by atoms with E-state index < -0.39 is 0 Å². The molecule has 0 aliphatic heterocycles. The van der Waals surface area contributed by atoms with Crippen LogP contribution < -0.4 is 0 Å². The van der Waals surface area contributed by atoms with Gasteiger partial charge in [-0.1, -0.05) is 60.7 Å². The molecule has 2 aromatic heterocycles. The van der Waals surface area contributed by atoms with Crippen molar-refractivity contribution >= 4 is 16.9 Å². The van der Waals surface area contributed by atoms with Gasteiger partial charge in [0, 0.05) is 18.7 Å². The van der Waals surface area contributed by atoms with Crippen LogP contribution in [0.5, 0.6) is 0 Å². The van der Waals surface area contributed by atoms with Crippen molar-refractivity contribution < 1.29 is 4.79 Å². The van der Waals surface area contributed by atoms with Gasteiger partial charge in [-0.2, -0.15) is 5.10 Å². The number of carbonyl (C=O) groups excluding carboxylic acids is 1. The van der Waals surface area contributed by atoms with Gasteiger partial charge in [-0.3, -0.25) is 4.79 Å². The predicted molar refractivity (Wildman–Crippen MR) is 120 cm³/mol. The summed E-state index contributed by atoms with van der Waals surface area (Å²) in [5, 5.41) is 5.30. The van der Waals surface area contributed by atoms with Gasteiger partial charge in [0.1, 0.15) is 0 Å². The minimum Gasteiger partial charge on any atom is -0.335 e. The fourth-order valence-electron chi connectivity index (χ4n) is 3.65. The minimum atomic E-state index is -0.0535. The summed E-state index contributed by atoms with van der Waals surface area (Å²) in [6, 6.07) is 22.0. The second-order valence-corrected chi connectivity index (χ2v) is 7.84. The molecule has 0 N–H and O–H groups in total. The van der Waals surface area contributed by atoms with Crippen molar-refractivity contribution in [2.75, 3.05) is 7.05 Å². The van der Waals surface area contributed by atoms with Gasteiger partial charge in [-0.05, 0) is 32.4 Å². The maximum absolute atomic E-state index is 13.6. The van der Waals surface area contributed by atoms with Crippen molar-refractivity contribution in [3.8, 4) is 11.3 Å². The number of carbonyl (C=O) groups is 1. The Bertz CT molecular complexity index is 1170. The Labute approximate surface area is 177 Å². The lowest BCUT2D eigenvalue weighted by molar-refractivity contribution is 0.0744. The van der Waals surface area contributed by atoms with Crippen LogP contribution in [0.1, 0.15) is 48.8 Å². The maximum atomic E-state index is 13.6. The van der Waals surface area contributed by atoms with Crippen LogP contribution in [0.2, 0.25) is 0 Å². The summed E-state index contributed by atoms with van der Waals surface area (Å²) in [4.78, 5) is 20.2. The molecule has 5 nitrogen and oxygen atoms in total. The average Bonchev–Trinajstić information content (AvgIpc) is 3.22. The number of rotatable bonds is 5. The van der Waals surface area contributed by atoms with Gasteiger partial charge in [0.2, 0.25) is 0 Å². The lowest BCUT2D eigenvalue weighted by Gasteiger charge is -2.26. The summed E-state index contributed by atoms with van der Waals surface area (Å²) in [6.45, 7) is 6.17. The van der Waals surface area contributed by atoms with Crippen LogP contribution in [-0.4, -0.2) is 32.6 Å². The number of benzene rings is 2. The third-order valence-corrected chi connectivity index (χ3v) is 5.54. The molecule has 0 radical (unpaired) electrons. The highest BCUT2D eigenvalue weighted by Gasteiger charge is 2.24. The molecule has 0 aliphatic carbocycles. The van der Waals surface area contributed by atoms with Crippen LogP contribution in [0.3, 0.4) is 0 Å². The molecule has 4 aromatic rings. The minimum absolute atomic E-state index is 0.0424. The summed E-state index contributed by atoms with van der Waals surface area (Å²) >= 11 is 0. The van der Waals surface area contributed by atoms with Crippen molar-refractivity contribution in [3.63, 3.8) is 0 Å². The van der Waals surface area contributed by atoms with Gasteiger partial charge in [0.15, 0.2) is 5.65 Å². The highest BCUT2D eigenvalue weighted by Crippen LogP contribution is 2.29. The largest absolute Gasteiger partial charge is 0.335 e. The molecule has 1 amide bonds. The third kappa shape index (κ3) is 3.59. The normalized spacial score (nSPS) is 12.3. The van der Waals surface area contributed by atoms with Crippen molar-refractivity contribution in [3.05, 3.63) is 84.1 Å². The molecule has 1 unspecified atom stereocenters. The van der Waals surface area contributed by atoms with Gasteiger partial charge < -0.3 is 4.90 Å². The number of aromatic nitrogens is 3. The molecule has 5 heteroatoms. The molecule has 1 atom stereocenters. The number of amides is 1. The van der Waals surface area contributed by atoms with Gasteiger partial charge >= 0.3 is 0 Å². The van der Waals surface area contributed by atoms with Crippen LogP contribution in [0, 0.1) is 0 Å². The molecular formula is C25H26N4O. The molecule has 152 valence electrons. The summed E-state index contributed by atoms with van der Waals surface area (Å²) in [5.74, 6) is -0.0424. The van der Waals surface area contributed by atoms with Crippen LogP contribution in [0.15, 0.2) is 72.9 Å². The van der Waals surface area contributed by atoms with E-state index in [-0.39, 0.29) is 18.0 Å². The van der Waals surface area contributed by atoms with Gasteiger partial charge in [0.05, 0.1) is 28.9 Å².